The van der Waals surface area contributed by atoms with E-state index in [9.17, 15) is 4.79 Å². The number of amides is 1. The average molecular weight is 400 g/mol. The van der Waals surface area contributed by atoms with E-state index in [-0.39, 0.29) is 12.5 Å². The molecule has 0 fully saturated rings. The maximum absolute atomic E-state index is 12.4. The lowest BCUT2D eigenvalue weighted by Gasteiger charge is -2.18. The lowest BCUT2D eigenvalue weighted by Crippen LogP contribution is -2.30. The van der Waals surface area contributed by atoms with Gasteiger partial charge in [0.1, 0.15) is 6.54 Å². The van der Waals surface area contributed by atoms with Gasteiger partial charge in [0.05, 0.1) is 0 Å². The first kappa shape index (κ1) is 17.3. The Morgan fingerprint density at radius 3 is 2.60 bits per heavy atom. The Labute approximate surface area is 154 Å². The molecule has 25 heavy (non-hydrogen) atoms. The number of benzene rings is 2. The molecule has 3 aromatic rings. The van der Waals surface area contributed by atoms with Crippen LogP contribution in [-0.2, 0) is 17.9 Å². The van der Waals surface area contributed by atoms with Gasteiger partial charge in [-0.15, -0.1) is 10.2 Å². The fourth-order valence-electron chi connectivity index (χ4n) is 2.40. The van der Waals surface area contributed by atoms with Gasteiger partial charge < -0.3 is 4.90 Å². The number of aryl methyl sites for hydroxylation is 1. The van der Waals surface area contributed by atoms with E-state index in [4.69, 9.17) is 0 Å². The van der Waals surface area contributed by atoms with Crippen molar-refractivity contribution in [3.05, 3.63) is 64.1 Å². The largest absolute Gasteiger partial charge is 0.340 e. The molecule has 7 heteroatoms. The summed E-state index contributed by atoms with van der Waals surface area (Å²) in [5, 5.41) is 12.3. The number of carbonyl (C=O) groups is 1. The fraction of sp³-hybridized carbons (Fsp3) is 0.222. The van der Waals surface area contributed by atoms with Crippen molar-refractivity contribution in [1.82, 2.24) is 25.1 Å². The quantitative estimate of drug-likeness (QED) is 0.661. The zero-order chi connectivity index (χ0) is 17.8. The first-order valence-corrected chi connectivity index (χ1v) is 8.64. The van der Waals surface area contributed by atoms with E-state index in [1.165, 1.54) is 10.4 Å². The van der Waals surface area contributed by atoms with E-state index in [0.717, 1.165) is 15.6 Å². The SMILES string of the molecule is Cc1ccccc1CN(C)C(=O)Cn1nnc(-c2ccc(Br)cc2)n1. The van der Waals surface area contributed by atoms with Gasteiger partial charge in [-0.05, 0) is 47.5 Å². The molecule has 0 atom stereocenters. The van der Waals surface area contributed by atoms with Crippen LogP contribution in [0.2, 0.25) is 0 Å². The number of tetrazole rings is 1. The molecule has 0 radical (unpaired) electrons. The number of hydrogen-bond acceptors (Lipinski definition) is 4. The van der Waals surface area contributed by atoms with Crippen LogP contribution in [0.25, 0.3) is 11.4 Å². The zero-order valence-corrected chi connectivity index (χ0v) is 15.6. The van der Waals surface area contributed by atoms with Crippen molar-refractivity contribution in [3.8, 4) is 11.4 Å². The molecule has 0 aliphatic rings. The number of hydrogen-bond donors (Lipinski definition) is 0. The van der Waals surface area contributed by atoms with Gasteiger partial charge in [0.25, 0.3) is 0 Å². The molecule has 0 saturated heterocycles. The number of aromatic nitrogens is 4. The third kappa shape index (κ3) is 4.30. The number of rotatable bonds is 5. The van der Waals surface area contributed by atoms with Crippen LogP contribution in [0.3, 0.4) is 0 Å². The summed E-state index contributed by atoms with van der Waals surface area (Å²) in [6.07, 6.45) is 0. The van der Waals surface area contributed by atoms with Crippen LogP contribution in [0.1, 0.15) is 11.1 Å². The molecular weight excluding hydrogens is 382 g/mol. The fourth-order valence-corrected chi connectivity index (χ4v) is 2.66. The Bertz CT molecular complexity index is 875. The Kier molecular flexibility index (Phi) is 5.23. The summed E-state index contributed by atoms with van der Waals surface area (Å²) in [6, 6.07) is 15.7. The highest BCUT2D eigenvalue weighted by atomic mass is 79.9. The molecule has 2 aromatic carbocycles. The highest BCUT2D eigenvalue weighted by Crippen LogP contribution is 2.17. The maximum atomic E-state index is 12.4. The van der Waals surface area contributed by atoms with Crippen molar-refractivity contribution < 1.29 is 4.79 Å². The molecule has 0 aliphatic heterocycles. The number of likely N-dealkylation sites (N-methyl/N-ethyl adjacent to an activating group) is 1. The van der Waals surface area contributed by atoms with Crippen molar-refractivity contribution in [2.75, 3.05) is 7.05 Å². The van der Waals surface area contributed by atoms with Gasteiger partial charge in [0, 0.05) is 23.6 Å². The number of carbonyl (C=O) groups excluding carboxylic acids is 1. The van der Waals surface area contributed by atoms with Crippen LogP contribution in [0.4, 0.5) is 0 Å². The Morgan fingerprint density at radius 2 is 1.88 bits per heavy atom. The highest BCUT2D eigenvalue weighted by molar-refractivity contribution is 9.10. The number of nitrogens with zero attached hydrogens (tertiary/aromatic N) is 5. The molecule has 0 spiro atoms. The lowest BCUT2D eigenvalue weighted by atomic mass is 10.1. The van der Waals surface area contributed by atoms with Crippen LogP contribution >= 0.6 is 15.9 Å². The summed E-state index contributed by atoms with van der Waals surface area (Å²) in [5.41, 5.74) is 3.15. The predicted octanol–water partition coefficient (Wildman–Crippen LogP) is 3.07. The summed E-state index contributed by atoms with van der Waals surface area (Å²) in [7, 11) is 1.78. The van der Waals surface area contributed by atoms with Crippen LogP contribution in [0.15, 0.2) is 53.0 Å². The molecule has 0 bridgehead atoms. The molecule has 128 valence electrons. The zero-order valence-electron chi connectivity index (χ0n) is 14.1. The molecule has 0 unspecified atom stereocenters. The molecule has 6 nitrogen and oxygen atoms in total. The van der Waals surface area contributed by atoms with Crippen LogP contribution in [-0.4, -0.2) is 38.1 Å². The normalized spacial score (nSPS) is 10.7. The molecule has 0 aliphatic carbocycles. The second kappa shape index (κ2) is 7.57. The van der Waals surface area contributed by atoms with Crippen LogP contribution < -0.4 is 0 Å². The maximum Gasteiger partial charge on any atom is 0.246 e. The van der Waals surface area contributed by atoms with Gasteiger partial charge in [0.2, 0.25) is 11.7 Å². The summed E-state index contributed by atoms with van der Waals surface area (Å²) in [6.45, 7) is 2.66. The minimum absolute atomic E-state index is 0.0614. The third-order valence-corrected chi connectivity index (χ3v) is 4.46. The lowest BCUT2D eigenvalue weighted by molar-refractivity contribution is -0.131. The summed E-state index contributed by atoms with van der Waals surface area (Å²) < 4.78 is 0.983. The van der Waals surface area contributed by atoms with Crippen molar-refractivity contribution in [2.45, 2.75) is 20.0 Å². The topological polar surface area (TPSA) is 63.9 Å². The minimum atomic E-state index is -0.0667. The summed E-state index contributed by atoms with van der Waals surface area (Å²) in [4.78, 5) is 15.4. The molecular formula is C18H18BrN5O. The van der Waals surface area contributed by atoms with Crippen LogP contribution in [0, 0.1) is 6.92 Å². The first-order chi connectivity index (χ1) is 12.0. The van der Waals surface area contributed by atoms with Gasteiger partial charge in [-0.1, -0.05) is 40.2 Å². The molecule has 0 N–H and O–H groups in total. The average Bonchev–Trinajstić information content (AvgIpc) is 3.06. The molecule has 1 aromatic heterocycles. The molecule has 3 rings (SSSR count). The third-order valence-electron chi connectivity index (χ3n) is 3.93. The van der Waals surface area contributed by atoms with E-state index < -0.39 is 0 Å². The van der Waals surface area contributed by atoms with Gasteiger partial charge in [-0.25, -0.2) is 0 Å². The highest BCUT2D eigenvalue weighted by Gasteiger charge is 2.14. The first-order valence-electron chi connectivity index (χ1n) is 7.85. The molecule has 1 heterocycles. The monoisotopic (exact) mass is 399 g/mol. The van der Waals surface area contributed by atoms with Gasteiger partial charge in [-0.2, -0.15) is 4.80 Å². The summed E-state index contributed by atoms with van der Waals surface area (Å²) in [5.74, 6) is 0.435. The Balaban J connectivity index is 1.65. The van der Waals surface area contributed by atoms with Crippen molar-refractivity contribution in [1.29, 1.82) is 0 Å². The standard InChI is InChI=1S/C18H18BrN5O/c1-13-5-3-4-6-15(13)11-23(2)17(25)12-24-21-18(20-22-24)14-7-9-16(19)10-8-14/h3-10H,11-12H2,1-2H3. The van der Waals surface area contributed by atoms with E-state index in [2.05, 4.69) is 31.3 Å². The molecule has 1 amide bonds. The van der Waals surface area contributed by atoms with Gasteiger partial charge in [0.15, 0.2) is 0 Å². The van der Waals surface area contributed by atoms with E-state index in [0.29, 0.717) is 12.4 Å². The number of halogens is 1. The second-order valence-electron chi connectivity index (χ2n) is 5.83. The van der Waals surface area contributed by atoms with Gasteiger partial charge >= 0.3 is 0 Å². The predicted molar refractivity (Wildman–Crippen MR) is 98.6 cm³/mol. The van der Waals surface area contributed by atoms with E-state index in [1.54, 1.807) is 11.9 Å². The summed E-state index contributed by atoms with van der Waals surface area (Å²) >= 11 is 3.39. The van der Waals surface area contributed by atoms with Crippen molar-refractivity contribution in [3.63, 3.8) is 0 Å². The van der Waals surface area contributed by atoms with Crippen molar-refractivity contribution >= 4 is 21.8 Å². The van der Waals surface area contributed by atoms with E-state index in [1.807, 2.05) is 55.5 Å². The smallest absolute Gasteiger partial charge is 0.246 e. The Hall–Kier alpha value is -2.54. The van der Waals surface area contributed by atoms with Gasteiger partial charge in [-0.3, -0.25) is 4.79 Å². The van der Waals surface area contributed by atoms with Crippen LogP contribution in [0.5, 0.6) is 0 Å². The second-order valence-corrected chi connectivity index (χ2v) is 6.74. The van der Waals surface area contributed by atoms with E-state index >= 15 is 0 Å². The Morgan fingerprint density at radius 1 is 1.16 bits per heavy atom. The minimum Gasteiger partial charge on any atom is -0.340 e. The van der Waals surface area contributed by atoms with Crippen molar-refractivity contribution in [2.24, 2.45) is 0 Å². The molecule has 0 saturated carbocycles.